The largest absolute Gasteiger partial charge is 0.335 e. The fourth-order valence-corrected chi connectivity index (χ4v) is 2.36. The fourth-order valence-electron chi connectivity index (χ4n) is 2.36. The molecule has 17 heavy (non-hydrogen) atoms. The maximum atomic E-state index is 12.0. The third-order valence-corrected chi connectivity index (χ3v) is 3.50. The number of hydrogen-bond donors (Lipinski definition) is 1. The predicted molar refractivity (Wildman–Crippen MR) is 71.5 cm³/mol. The smallest absolute Gasteiger partial charge is 0.246 e. The zero-order chi connectivity index (χ0) is 12.7. The number of allylic oxidation sites excluding steroid dienone is 3. The molecule has 1 rings (SSSR count). The van der Waals surface area contributed by atoms with Crippen LogP contribution in [0.3, 0.4) is 0 Å². The van der Waals surface area contributed by atoms with Gasteiger partial charge >= 0.3 is 0 Å². The van der Waals surface area contributed by atoms with Crippen molar-refractivity contribution in [3.05, 3.63) is 24.3 Å². The number of rotatable bonds is 4. The van der Waals surface area contributed by atoms with Crippen molar-refractivity contribution in [3.8, 4) is 0 Å². The Morgan fingerprint density at radius 1 is 1.47 bits per heavy atom. The molecular formula is C14H24N2O. The summed E-state index contributed by atoms with van der Waals surface area (Å²) in [6, 6.07) is 0.219. The van der Waals surface area contributed by atoms with Gasteiger partial charge in [0.15, 0.2) is 0 Å². The van der Waals surface area contributed by atoms with Gasteiger partial charge in [-0.3, -0.25) is 4.79 Å². The molecule has 2 atom stereocenters. The second kappa shape index (κ2) is 7.28. The van der Waals surface area contributed by atoms with Crippen molar-refractivity contribution in [2.75, 3.05) is 13.1 Å². The van der Waals surface area contributed by atoms with Crippen LogP contribution in [0.25, 0.3) is 0 Å². The van der Waals surface area contributed by atoms with Crippen molar-refractivity contribution in [3.63, 3.8) is 0 Å². The van der Waals surface area contributed by atoms with E-state index in [9.17, 15) is 4.79 Å². The van der Waals surface area contributed by atoms with Crippen LogP contribution >= 0.6 is 0 Å². The SMILES string of the molecule is CC=C/C=C/C(=O)N1CCC(CC)CC1CN. The van der Waals surface area contributed by atoms with Gasteiger partial charge in [0.2, 0.25) is 5.91 Å². The van der Waals surface area contributed by atoms with E-state index in [0.29, 0.717) is 6.54 Å². The Labute approximate surface area is 104 Å². The molecule has 1 aliphatic rings. The van der Waals surface area contributed by atoms with E-state index in [2.05, 4.69) is 6.92 Å². The maximum absolute atomic E-state index is 12.0. The minimum absolute atomic E-state index is 0.0908. The van der Waals surface area contributed by atoms with E-state index in [1.165, 1.54) is 6.42 Å². The summed E-state index contributed by atoms with van der Waals surface area (Å²) in [6.07, 6.45) is 10.6. The molecule has 0 aromatic carbocycles. The molecule has 1 amide bonds. The molecule has 0 radical (unpaired) electrons. The van der Waals surface area contributed by atoms with Gasteiger partial charge in [0.05, 0.1) is 0 Å². The summed E-state index contributed by atoms with van der Waals surface area (Å²) < 4.78 is 0. The number of likely N-dealkylation sites (tertiary alicyclic amines) is 1. The van der Waals surface area contributed by atoms with Crippen LogP contribution in [0.4, 0.5) is 0 Å². The Morgan fingerprint density at radius 3 is 2.82 bits per heavy atom. The first kappa shape index (κ1) is 14.0. The van der Waals surface area contributed by atoms with Crippen LogP contribution < -0.4 is 5.73 Å². The standard InChI is InChI=1S/C14H24N2O/c1-3-5-6-7-14(17)16-9-8-12(4-2)10-13(16)11-15/h3,5-7,12-13H,4,8-11,15H2,1-2H3/b5-3?,7-6+. The Morgan fingerprint density at radius 2 is 2.24 bits per heavy atom. The molecule has 96 valence electrons. The molecule has 2 unspecified atom stereocenters. The minimum Gasteiger partial charge on any atom is -0.335 e. The van der Waals surface area contributed by atoms with E-state index in [0.717, 1.165) is 25.3 Å². The van der Waals surface area contributed by atoms with Crippen LogP contribution in [0, 0.1) is 5.92 Å². The predicted octanol–water partition coefficient (Wildman–Crippen LogP) is 2.09. The number of hydrogen-bond acceptors (Lipinski definition) is 2. The zero-order valence-electron chi connectivity index (χ0n) is 10.9. The molecule has 0 saturated carbocycles. The van der Waals surface area contributed by atoms with Crippen LogP contribution in [0.2, 0.25) is 0 Å². The lowest BCUT2D eigenvalue weighted by Crippen LogP contribution is -2.49. The van der Waals surface area contributed by atoms with E-state index < -0.39 is 0 Å². The summed E-state index contributed by atoms with van der Waals surface area (Å²) in [7, 11) is 0. The quantitative estimate of drug-likeness (QED) is 0.600. The number of nitrogens with two attached hydrogens (primary N) is 1. The molecule has 1 fully saturated rings. The molecule has 0 spiro atoms. The highest BCUT2D eigenvalue weighted by Gasteiger charge is 2.28. The van der Waals surface area contributed by atoms with Gasteiger partial charge in [0.1, 0.15) is 0 Å². The molecule has 1 saturated heterocycles. The lowest BCUT2D eigenvalue weighted by molar-refractivity contribution is -0.130. The third kappa shape index (κ3) is 4.00. The van der Waals surface area contributed by atoms with Crippen LogP contribution in [0.15, 0.2) is 24.3 Å². The van der Waals surface area contributed by atoms with Crippen LogP contribution in [0.5, 0.6) is 0 Å². The lowest BCUT2D eigenvalue weighted by Gasteiger charge is -2.38. The average Bonchev–Trinajstić information content (AvgIpc) is 2.38. The monoisotopic (exact) mass is 236 g/mol. The van der Waals surface area contributed by atoms with Crippen molar-refractivity contribution in [1.82, 2.24) is 4.90 Å². The lowest BCUT2D eigenvalue weighted by atomic mass is 9.89. The Kier molecular flexibility index (Phi) is 5.98. The summed E-state index contributed by atoms with van der Waals surface area (Å²) in [5.41, 5.74) is 5.77. The molecule has 0 aliphatic carbocycles. The summed E-state index contributed by atoms with van der Waals surface area (Å²) in [6.45, 7) is 5.56. The van der Waals surface area contributed by atoms with Crippen molar-refractivity contribution in [2.24, 2.45) is 11.7 Å². The molecular weight excluding hydrogens is 212 g/mol. The molecule has 3 heteroatoms. The normalized spacial score (nSPS) is 25.9. The zero-order valence-corrected chi connectivity index (χ0v) is 10.9. The molecule has 1 heterocycles. The second-order valence-corrected chi connectivity index (χ2v) is 4.60. The van der Waals surface area contributed by atoms with Gasteiger partial charge in [0.25, 0.3) is 0 Å². The van der Waals surface area contributed by atoms with Crippen LogP contribution in [-0.2, 0) is 4.79 Å². The number of amides is 1. The third-order valence-electron chi connectivity index (χ3n) is 3.50. The van der Waals surface area contributed by atoms with Gasteiger partial charge in [-0.15, -0.1) is 0 Å². The van der Waals surface area contributed by atoms with E-state index >= 15 is 0 Å². The van der Waals surface area contributed by atoms with Gasteiger partial charge < -0.3 is 10.6 Å². The van der Waals surface area contributed by atoms with Gasteiger partial charge in [-0.2, -0.15) is 0 Å². The number of piperidine rings is 1. The molecule has 1 aliphatic heterocycles. The minimum atomic E-state index is 0.0908. The maximum Gasteiger partial charge on any atom is 0.246 e. The van der Waals surface area contributed by atoms with E-state index in [-0.39, 0.29) is 11.9 Å². The fraction of sp³-hybridized carbons (Fsp3) is 0.643. The van der Waals surface area contributed by atoms with Crippen molar-refractivity contribution >= 4 is 5.91 Å². The number of carbonyl (C=O) groups is 1. The average molecular weight is 236 g/mol. The summed E-state index contributed by atoms with van der Waals surface area (Å²) >= 11 is 0. The molecule has 0 bridgehead atoms. The van der Waals surface area contributed by atoms with Crippen LogP contribution in [-0.4, -0.2) is 29.9 Å². The van der Waals surface area contributed by atoms with Crippen LogP contribution in [0.1, 0.15) is 33.1 Å². The summed E-state index contributed by atoms with van der Waals surface area (Å²) in [5, 5.41) is 0. The molecule has 3 nitrogen and oxygen atoms in total. The topological polar surface area (TPSA) is 46.3 Å². The van der Waals surface area contributed by atoms with Gasteiger partial charge in [-0.1, -0.05) is 31.6 Å². The number of nitrogens with zero attached hydrogens (tertiary/aromatic N) is 1. The first-order chi connectivity index (χ1) is 8.22. The molecule has 0 aromatic rings. The van der Waals surface area contributed by atoms with Crippen molar-refractivity contribution < 1.29 is 4.79 Å². The van der Waals surface area contributed by atoms with Crippen molar-refractivity contribution in [1.29, 1.82) is 0 Å². The summed E-state index contributed by atoms with van der Waals surface area (Å²) in [4.78, 5) is 13.9. The highest BCUT2D eigenvalue weighted by Crippen LogP contribution is 2.25. The second-order valence-electron chi connectivity index (χ2n) is 4.60. The van der Waals surface area contributed by atoms with E-state index in [4.69, 9.17) is 5.73 Å². The van der Waals surface area contributed by atoms with Gasteiger partial charge in [0, 0.05) is 25.2 Å². The van der Waals surface area contributed by atoms with Gasteiger partial charge in [-0.05, 0) is 25.7 Å². The Hall–Kier alpha value is -1.09. The molecule has 2 N–H and O–H groups in total. The van der Waals surface area contributed by atoms with Gasteiger partial charge in [-0.25, -0.2) is 0 Å². The highest BCUT2D eigenvalue weighted by atomic mass is 16.2. The first-order valence-electron chi connectivity index (χ1n) is 6.52. The number of carbonyl (C=O) groups excluding carboxylic acids is 1. The van der Waals surface area contributed by atoms with E-state index in [1.54, 1.807) is 12.2 Å². The Balaban J connectivity index is 2.60. The van der Waals surface area contributed by atoms with E-state index in [1.807, 2.05) is 24.0 Å². The summed E-state index contributed by atoms with van der Waals surface area (Å²) in [5.74, 6) is 0.820. The van der Waals surface area contributed by atoms with Crippen molar-refractivity contribution in [2.45, 2.75) is 39.2 Å². The Bertz CT molecular complexity index is 297. The molecule has 0 aromatic heterocycles. The highest BCUT2D eigenvalue weighted by molar-refractivity contribution is 5.88. The first-order valence-corrected chi connectivity index (χ1v) is 6.52.